The van der Waals surface area contributed by atoms with E-state index in [1.165, 1.54) is 0 Å². The van der Waals surface area contributed by atoms with Gasteiger partial charge in [0.1, 0.15) is 11.5 Å². The Kier molecular flexibility index (Phi) is 5.93. The lowest BCUT2D eigenvalue weighted by Crippen LogP contribution is -2.20. The Balaban J connectivity index is 1.48. The van der Waals surface area contributed by atoms with Crippen LogP contribution in [0.3, 0.4) is 0 Å². The van der Waals surface area contributed by atoms with Crippen LogP contribution in [-0.4, -0.2) is 29.8 Å². The number of aromatic nitrogens is 2. The molecule has 0 spiro atoms. The molecule has 0 fully saturated rings. The van der Waals surface area contributed by atoms with Crippen LogP contribution in [0.25, 0.3) is 22.8 Å². The molecule has 1 heterocycles. The van der Waals surface area contributed by atoms with Gasteiger partial charge in [0.15, 0.2) is 6.61 Å². The Morgan fingerprint density at radius 3 is 2.52 bits per heavy atom. The zero-order valence-electron chi connectivity index (χ0n) is 17.2. The number of nitrogens with zero attached hydrogens (tertiary/aromatic N) is 2. The van der Waals surface area contributed by atoms with E-state index in [4.69, 9.17) is 14.0 Å². The first-order chi connectivity index (χ1) is 15.1. The zero-order valence-corrected chi connectivity index (χ0v) is 17.2. The number of carbonyl (C=O) groups excluding carboxylic acids is 1. The number of ether oxygens (including phenoxy) is 2. The van der Waals surface area contributed by atoms with Gasteiger partial charge < -0.3 is 19.3 Å². The first kappa shape index (κ1) is 20.2. The Hall–Kier alpha value is -4.13. The second kappa shape index (κ2) is 9.13. The van der Waals surface area contributed by atoms with Gasteiger partial charge in [0.05, 0.1) is 12.7 Å². The van der Waals surface area contributed by atoms with E-state index in [9.17, 15) is 4.79 Å². The molecule has 0 aliphatic heterocycles. The van der Waals surface area contributed by atoms with E-state index in [0.717, 1.165) is 22.6 Å². The highest BCUT2D eigenvalue weighted by atomic mass is 16.5. The minimum atomic E-state index is -0.254. The minimum absolute atomic E-state index is 0.144. The summed E-state index contributed by atoms with van der Waals surface area (Å²) in [7, 11) is 1.61. The molecule has 3 aromatic carbocycles. The molecule has 0 saturated heterocycles. The summed E-state index contributed by atoms with van der Waals surface area (Å²) in [6.45, 7) is 1.79. The molecule has 156 valence electrons. The molecular weight excluding hydrogens is 394 g/mol. The third-order valence-electron chi connectivity index (χ3n) is 4.67. The summed E-state index contributed by atoms with van der Waals surface area (Å²) in [4.78, 5) is 16.8. The molecule has 0 bridgehead atoms. The first-order valence-corrected chi connectivity index (χ1v) is 9.70. The fraction of sp³-hybridized carbons (Fsp3) is 0.125. The van der Waals surface area contributed by atoms with Crippen molar-refractivity contribution in [3.63, 3.8) is 0 Å². The lowest BCUT2D eigenvalue weighted by molar-refractivity contribution is -0.118. The first-order valence-electron chi connectivity index (χ1n) is 9.70. The molecule has 4 rings (SSSR count). The third-order valence-corrected chi connectivity index (χ3v) is 4.67. The Labute approximate surface area is 179 Å². The van der Waals surface area contributed by atoms with E-state index in [0.29, 0.717) is 23.0 Å². The van der Waals surface area contributed by atoms with Gasteiger partial charge in [-0.15, -0.1) is 0 Å². The molecule has 0 aliphatic rings. The van der Waals surface area contributed by atoms with E-state index in [-0.39, 0.29) is 12.5 Å². The van der Waals surface area contributed by atoms with E-state index < -0.39 is 0 Å². The molecule has 4 aromatic rings. The van der Waals surface area contributed by atoms with Crippen LogP contribution < -0.4 is 14.8 Å². The highest BCUT2D eigenvalue weighted by Gasteiger charge is 2.15. The molecule has 31 heavy (non-hydrogen) atoms. The topological polar surface area (TPSA) is 86.5 Å². The number of benzene rings is 3. The predicted octanol–water partition coefficient (Wildman–Crippen LogP) is 4.74. The van der Waals surface area contributed by atoms with Crippen LogP contribution in [0.4, 0.5) is 5.69 Å². The maximum Gasteiger partial charge on any atom is 0.262 e. The van der Waals surface area contributed by atoms with Crippen molar-refractivity contribution in [2.24, 2.45) is 0 Å². The fourth-order valence-corrected chi connectivity index (χ4v) is 3.00. The van der Waals surface area contributed by atoms with Crippen LogP contribution in [0.2, 0.25) is 0 Å². The Morgan fingerprint density at radius 2 is 1.74 bits per heavy atom. The highest BCUT2D eigenvalue weighted by molar-refractivity contribution is 5.92. The number of anilines is 1. The Bertz CT molecular complexity index is 1190. The molecule has 0 radical (unpaired) electrons. The number of amides is 1. The smallest absolute Gasteiger partial charge is 0.262 e. The number of nitrogens with one attached hydrogen (secondary N) is 1. The van der Waals surface area contributed by atoms with Gasteiger partial charge >= 0.3 is 0 Å². The number of para-hydroxylation sites is 2. The van der Waals surface area contributed by atoms with Gasteiger partial charge in [-0.05, 0) is 55.0 Å². The molecule has 1 N–H and O–H groups in total. The predicted molar refractivity (Wildman–Crippen MR) is 117 cm³/mol. The maximum absolute atomic E-state index is 12.3. The van der Waals surface area contributed by atoms with Crippen LogP contribution in [0, 0.1) is 6.92 Å². The van der Waals surface area contributed by atoms with Crippen molar-refractivity contribution >= 4 is 11.6 Å². The number of carbonyl (C=O) groups is 1. The summed E-state index contributed by atoms with van der Waals surface area (Å²) in [5, 5.41) is 6.93. The van der Waals surface area contributed by atoms with Gasteiger partial charge in [-0.25, -0.2) is 0 Å². The van der Waals surface area contributed by atoms with Crippen molar-refractivity contribution in [3.05, 3.63) is 78.4 Å². The van der Waals surface area contributed by atoms with Crippen molar-refractivity contribution in [2.45, 2.75) is 6.92 Å². The highest BCUT2D eigenvalue weighted by Crippen LogP contribution is 2.30. The van der Waals surface area contributed by atoms with Crippen molar-refractivity contribution in [2.75, 3.05) is 19.0 Å². The van der Waals surface area contributed by atoms with Gasteiger partial charge in [-0.1, -0.05) is 35.5 Å². The Morgan fingerprint density at radius 1 is 1.00 bits per heavy atom. The van der Waals surface area contributed by atoms with Gasteiger partial charge in [0.25, 0.3) is 11.8 Å². The van der Waals surface area contributed by atoms with Gasteiger partial charge in [0, 0.05) is 11.3 Å². The lowest BCUT2D eigenvalue weighted by atomic mass is 10.2. The molecule has 0 aliphatic carbocycles. The molecule has 1 aromatic heterocycles. The fourth-order valence-electron chi connectivity index (χ4n) is 3.00. The van der Waals surface area contributed by atoms with Crippen molar-refractivity contribution in [3.8, 4) is 34.3 Å². The van der Waals surface area contributed by atoms with E-state index in [1.54, 1.807) is 13.2 Å². The number of aryl methyl sites for hydroxylation is 1. The average Bonchev–Trinajstić information content (AvgIpc) is 3.30. The van der Waals surface area contributed by atoms with Crippen LogP contribution in [0.15, 0.2) is 77.3 Å². The molecule has 7 nitrogen and oxygen atoms in total. The summed E-state index contributed by atoms with van der Waals surface area (Å²) in [6, 6.07) is 22.1. The average molecular weight is 415 g/mol. The molecule has 0 atom stereocenters. The number of hydrogen-bond acceptors (Lipinski definition) is 6. The van der Waals surface area contributed by atoms with Gasteiger partial charge in [0.2, 0.25) is 5.82 Å². The third kappa shape index (κ3) is 4.72. The minimum Gasteiger partial charge on any atom is -0.497 e. The van der Waals surface area contributed by atoms with Crippen LogP contribution in [0.5, 0.6) is 11.5 Å². The van der Waals surface area contributed by atoms with Gasteiger partial charge in [-0.3, -0.25) is 4.79 Å². The molecular formula is C24H21N3O4. The van der Waals surface area contributed by atoms with E-state index in [2.05, 4.69) is 15.5 Å². The second-order valence-corrected chi connectivity index (χ2v) is 6.80. The quantitative estimate of drug-likeness (QED) is 0.469. The summed E-state index contributed by atoms with van der Waals surface area (Å²) >= 11 is 0. The zero-order chi connectivity index (χ0) is 21.6. The maximum atomic E-state index is 12.3. The monoisotopic (exact) mass is 415 g/mol. The SMILES string of the molecule is COc1ccc(-c2nc(-c3ccccc3OCC(=O)Nc3ccccc3C)no2)cc1. The van der Waals surface area contributed by atoms with Crippen LogP contribution >= 0.6 is 0 Å². The summed E-state index contributed by atoms with van der Waals surface area (Å²) in [5.41, 5.74) is 3.14. The second-order valence-electron chi connectivity index (χ2n) is 6.80. The van der Waals surface area contributed by atoms with Gasteiger partial charge in [-0.2, -0.15) is 4.98 Å². The number of rotatable bonds is 7. The molecule has 1 amide bonds. The standard InChI is InChI=1S/C24H21N3O4/c1-16-7-3-5-9-20(16)25-22(28)15-30-21-10-6-4-8-19(21)23-26-24(31-27-23)17-11-13-18(29-2)14-12-17/h3-14H,15H2,1-2H3,(H,25,28). The summed E-state index contributed by atoms with van der Waals surface area (Å²) in [6.07, 6.45) is 0. The van der Waals surface area contributed by atoms with E-state index >= 15 is 0 Å². The van der Waals surface area contributed by atoms with Crippen LogP contribution in [-0.2, 0) is 4.79 Å². The van der Waals surface area contributed by atoms with E-state index in [1.807, 2.05) is 73.7 Å². The number of hydrogen-bond donors (Lipinski definition) is 1. The van der Waals surface area contributed by atoms with Crippen molar-refractivity contribution in [1.82, 2.24) is 10.1 Å². The summed E-state index contributed by atoms with van der Waals surface area (Å²) < 4.78 is 16.3. The lowest BCUT2D eigenvalue weighted by Gasteiger charge is -2.11. The normalized spacial score (nSPS) is 10.5. The van der Waals surface area contributed by atoms with Crippen molar-refractivity contribution < 1.29 is 18.8 Å². The summed E-state index contributed by atoms with van der Waals surface area (Å²) in [5.74, 6) is 1.73. The molecule has 0 saturated carbocycles. The molecule has 0 unspecified atom stereocenters. The van der Waals surface area contributed by atoms with Crippen LogP contribution in [0.1, 0.15) is 5.56 Å². The largest absolute Gasteiger partial charge is 0.497 e. The number of methoxy groups -OCH3 is 1. The van der Waals surface area contributed by atoms with Crippen molar-refractivity contribution in [1.29, 1.82) is 0 Å². The molecule has 7 heteroatoms.